The monoisotopic (exact) mass is 357 g/mol. The molecule has 138 valence electrons. The van der Waals surface area contributed by atoms with E-state index >= 15 is 0 Å². The van der Waals surface area contributed by atoms with Crippen molar-refractivity contribution in [3.05, 3.63) is 65.0 Å². The van der Waals surface area contributed by atoms with Crippen LogP contribution in [0.1, 0.15) is 47.1 Å². The molecule has 0 fully saturated rings. The Morgan fingerprint density at radius 1 is 1.15 bits per heavy atom. The number of aromatic carboxylic acids is 1. The van der Waals surface area contributed by atoms with Crippen LogP contribution in [-0.4, -0.2) is 33.1 Å². The van der Waals surface area contributed by atoms with Crippen LogP contribution in [0.4, 0.5) is 0 Å². The smallest absolute Gasteiger partial charge is 0.335 e. The maximum Gasteiger partial charge on any atom is 0.335 e. The summed E-state index contributed by atoms with van der Waals surface area (Å²) in [5.74, 6) is -1.21. The van der Waals surface area contributed by atoms with E-state index in [4.69, 9.17) is 5.11 Å². The third kappa shape index (κ3) is 5.11. The quantitative estimate of drug-likeness (QED) is 0.571. The molecule has 0 radical (unpaired) electrons. The van der Waals surface area contributed by atoms with Gasteiger partial charge in [-0.1, -0.05) is 24.3 Å². The summed E-state index contributed by atoms with van der Waals surface area (Å²) < 4.78 is 0. The second-order valence-corrected chi connectivity index (χ2v) is 6.03. The summed E-state index contributed by atoms with van der Waals surface area (Å²) in [5, 5.41) is 24.3. The van der Waals surface area contributed by atoms with Crippen LogP contribution < -0.4 is 10.6 Å². The fourth-order valence-corrected chi connectivity index (χ4v) is 2.57. The summed E-state index contributed by atoms with van der Waals surface area (Å²) >= 11 is 0. The van der Waals surface area contributed by atoms with Gasteiger partial charge in [-0.3, -0.25) is 15.1 Å². The van der Waals surface area contributed by atoms with E-state index in [2.05, 4.69) is 15.6 Å². The number of hydrogen-bond acceptors (Lipinski definition) is 5. The van der Waals surface area contributed by atoms with Crippen LogP contribution in [0.15, 0.2) is 42.6 Å². The lowest BCUT2D eigenvalue weighted by Gasteiger charge is -2.20. The van der Waals surface area contributed by atoms with Gasteiger partial charge in [0, 0.05) is 18.8 Å². The minimum Gasteiger partial charge on any atom is -0.478 e. The van der Waals surface area contributed by atoms with Gasteiger partial charge in [-0.25, -0.2) is 4.79 Å². The van der Waals surface area contributed by atoms with E-state index in [1.807, 2.05) is 31.2 Å². The fourth-order valence-electron chi connectivity index (χ4n) is 2.57. The second kappa shape index (κ2) is 9.07. The van der Waals surface area contributed by atoms with Crippen molar-refractivity contribution in [1.29, 1.82) is 0 Å². The number of benzene rings is 1. The van der Waals surface area contributed by atoms with Gasteiger partial charge in [0.2, 0.25) is 5.91 Å². The topological polar surface area (TPSA) is 112 Å². The van der Waals surface area contributed by atoms with Crippen LogP contribution >= 0.6 is 0 Å². The molecule has 7 nitrogen and oxygen atoms in total. The SMILES string of the molecule is CC(N[C@@H](C)c1cc(C(=O)O)ccn1)C(=O)NCc1ccccc1CO. The molecule has 2 atom stereocenters. The Morgan fingerprint density at radius 3 is 2.50 bits per heavy atom. The first-order valence-electron chi connectivity index (χ1n) is 8.33. The number of nitrogens with one attached hydrogen (secondary N) is 2. The maximum absolute atomic E-state index is 12.3. The van der Waals surface area contributed by atoms with E-state index in [0.29, 0.717) is 12.2 Å². The molecular weight excluding hydrogens is 334 g/mol. The molecule has 4 N–H and O–H groups in total. The van der Waals surface area contributed by atoms with Gasteiger partial charge >= 0.3 is 5.97 Å². The number of aliphatic hydroxyl groups is 1. The summed E-state index contributed by atoms with van der Waals surface area (Å²) in [6.07, 6.45) is 1.44. The molecule has 0 saturated heterocycles. The van der Waals surface area contributed by atoms with Crippen LogP contribution in [0.25, 0.3) is 0 Å². The van der Waals surface area contributed by atoms with E-state index in [-0.39, 0.29) is 24.1 Å². The van der Waals surface area contributed by atoms with Gasteiger partial charge in [0.05, 0.1) is 23.9 Å². The van der Waals surface area contributed by atoms with Gasteiger partial charge in [0.25, 0.3) is 0 Å². The molecule has 26 heavy (non-hydrogen) atoms. The van der Waals surface area contributed by atoms with Crippen molar-refractivity contribution < 1.29 is 19.8 Å². The van der Waals surface area contributed by atoms with Crippen molar-refractivity contribution in [2.45, 2.75) is 39.1 Å². The van der Waals surface area contributed by atoms with E-state index in [1.54, 1.807) is 6.92 Å². The Morgan fingerprint density at radius 2 is 1.85 bits per heavy atom. The number of carbonyl (C=O) groups excluding carboxylic acids is 1. The van der Waals surface area contributed by atoms with Crippen molar-refractivity contribution >= 4 is 11.9 Å². The third-order valence-corrected chi connectivity index (χ3v) is 4.11. The summed E-state index contributed by atoms with van der Waals surface area (Å²) in [7, 11) is 0. The van der Waals surface area contributed by atoms with Gasteiger partial charge in [-0.15, -0.1) is 0 Å². The molecule has 1 unspecified atom stereocenters. The van der Waals surface area contributed by atoms with Crippen molar-refractivity contribution in [2.24, 2.45) is 0 Å². The zero-order chi connectivity index (χ0) is 19.1. The van der Waals surface area contributed by atoms with E-state index in [1.165, 1.54) is 18.3 Å². The first kappa shape index (κ1) is 19.6. The summed E-state index contributed by atoms with van der Waals surface area (Å²) in [6.45, 7) is 3.79. The van der Waals surface area contributed by atoms with Crippen LogP contribution in [-0.2, 0) is 17.9 Å². The van der Waals surface area contributed by atoms with Gasteiger partial charge in [-0.2, -0.15) is 0 Å². The molecule has 0 saturated carbocycles. The highest BCUT2D eigenvalue weighted by Crippen LogP contribution is 2.12. The molecule has 7 heteroatoms. The summed E-state index contributed by atoms with van der Waals surface area (Å²) in [6, 6.07) is 9.48. The van der Waals surface area contributed by atoms with Crippen molar-refractivity contribution in [3.8, 4) is 0 Å². The molecule has 1 aromatic heterocycles. The molecule has 1 amide bonds. The number of rotatable bonds is 8. The van der Waals surface area contributed by atoms with Crippen LogP contribution in [0.2, 0.25) is 0 Å². The highest BCUT2D eigenvalue weighted by molar-refractivity contribution is 5.87. The standard InChI is InChI=1S/C19H23N3O4/c1-12(17-9-14(19(25)26)7-8-20-17)22-13(2)18(24)21-10-15-5-3-4-6-16(15)11-23/h3-9,12-13,22-23H,10-11H2,1-2H3,(H,21,24)(H,25,26)/t12-,13?/m0/s1. The largest absolute Gasteiger partial charge is 0.478 e. The number of aromatic nitrogens is 1. The number of amides is 1. The lowest BCUT2D eigenvalue weighted by atomic mass is 10.1. The normalized spacial score (nSPS) is 13.0. The minimum absolute atomic E-state index is 0.0809. The average molecular weight is 357 g/mol. The first-order chi connectivity index (χ1) is 12.4. The minimum atomic E-state index is -1.02. The zero-order valence-corrected chi connectivity index (χ0v) is 14.8. The first-order valence-corrected chi connectivity index (χ1v) is 8.33. The highest BCUT2D eigenvalue weighted by atomic mass is 16.4. The Hall–Kier alpha value is -2.77. The number of carbonyl (C=O) groups is 2. The molecule has 0 bridgehead atoms. The highest BCUT2D eigenvalue weighted by Gasteiger charge is 2.18. The van der Waals surface area contributed by atoms with Crippen molar-refractivity contribution in [1.82, 2.24) is 15.6 Å². The number of hydrogen-bond donors (Lipinski definition) is 4. The second-order valence-electron chi connectivity index (χ2n) is 6.03. The van der Waals surface area contributed by atoms with Crippen molar-refractivity contribution in [3.63, 3.8) is 0 Å². The lowest BCUT2D eigenvalue weighted by molar-refractivity contribution is -0.123. The number of carboxylic acids is 1. The summed E-state index contributed by atoms with van der Waals surface area (Å²) in [4.78, 5) is 27.5. The Labute approximate surface area is 152 Å². The molecule has 0 aliphatic heterocycles. The Bertz CT molecular complexity index is 779. The average Bonchev–Trinajstić information content (AvgIpc) is 2.66. The number of aliphatic hydroxyl groups excluding tert-OH is 1. The van der Waals surface area contributed by atoms with Gasteiger partial charge in [-0.05, 0) is 37.1 Å². The predicted molar refractivity (Wildman–Crippen MR) is 96.4 cm³/mol. The Balaban J connectivity index is 1.94. The van der Waals surface area contributed by atoms with Crippen LogP contribution in [0.5, 0.6) is 0 Å². The predicted octanol–water partition coefficient (Wildman–Crippen LogP) is 1.63. The summed E-state index contributed by atoms with van der Waals surface area (Å²) in [5.41, 5.74) is 2.34. The molecule has 2 aromatic rings. The fraction of sp³-hybridized carbons (Fsp3) is 0.316. The van der Waals surface area contributed by atoms with Crippen molar-refractivity contribution in [2.75, 3.05) is 0 Å². The molecule has 2 rings (SSSR count). The van der Waals surface area contributed by atoms with Gasteiger partial charge in [0.1, 0.15) is 0 Å². The lowest BCUT2D eigenvalue weighted by Crippen LogP contribution is -2.43. The zero-order valence-electron chi connectivity index (χ0n) is 14.8. The molecule has 0 aliphatic rings. The van der Waals surface area contributed by atoms with E-state index in [9.17, 15) is 14.7 Å². The molecule has 1 heterocycles. The maximum atomic E-state index is 12.3. The molecule has 0 spiro atoms. The number of carboxylic acid groups (broad SMARTS) is 1. The van der Waals surface area contributed by atoms with Crippen LogP contribution in [0.3, 0.4) is 0 Å². The third-order valence-electron chi connectivity index (χ3n) is 4.11. The van der Waals surface area contributed by atoms with Crippen LogP contribution in [0, 0.1) is 0 Å². The molecule has 1 aromatic carbocycles. The van der Waals surface area contributed by atoms with E-state index in [0.717, 1.165) is 11.1 Å². The van der Waals surface area contributed by atoms with E-state index < -0.39 is 12.0 Å². The Kier molecular flexibility index (Phi) is 6.82. The number of nitrogens with zero attached hydrogens (tertiary/aromatic N) is 1. The molecular formula is C19H23N3O4. The van der Waals surface area contributed by atoms with Gasteiger partial charge < -0.3 is 15.5 Å². The number of pyridine rings is 1. The molecule has 0 aliphatic carbocycles. The van der Waals surface area contributed by atoms with Gasteiger partial charge in [0.15, 0.2) is 0 Å².